The molecular weight excluding hydrogens is 356 g/mol. The molecule has 2 N–H and O–H groups in total. The maximum Gasteiger partial charge on any atom is 0.335 e. The predicted octanol–water partition coefficient (Wildman–Crippen LogP) is 1.75. The second kappa shape index (κ2) is 8.01. The zero-order valence-electron chi connectivity index (χ0n) is 14.5. The van der Waals surface area contributed by atoms with Gasteiger partial charge in [0.05, 0.1) is 17.5 Å². The molecule has 2 rings (SSSR count). The van der Waals surface area contributed by atoms with E-state index in [9.17, 15) is 23.1 Å². The number of carboxylic acid groups (broad SMARTS) is 1. The maximum absolute atomic E-state index is 12.4. The van der Waals surface area contributed by atoms with Gasteiger partial charge in [-0.25, -0.2) is 13.2 Å². The van der Waals surface area contributed by atoms with Gasteiger partial charge < -0.3 is 10.4 Å². The Balaban J connectivity index is 2.20. The number of anilines is 1. The highest BCUT2D eigenvalue weighted by Gasteiger charge is 2.18. The smallest absolute Gasteiger partial charge is 0.335 e. The molecule has 2 aromatic carbocycles. The first kappa shape index (κ1) is 19.5. The number of amides is 1. The number of rotatable bonds is 7. The van der Waals surface area contributed by atoms with Gasteiger partial charge in [-0.2, -0.15) is 0 Å². The van der Waals surface area contributed by atoms with Crippen LogP contribution in [0.5, 0.6) is 0 Å². The molecule has 0 saturated carbocycles. The Morgan fingerprint density at radius 1 is 1.08 bits per heavy atom. The average molecular weight is 376 g/mol. The average Bonchev–Trinajstić information content (AvgIpc) is 2.60. The lowest BCUT2D eigenvalue weighted by Gasteiger charge is -2.18. The number of aromatic carboxylic acids is 1. The van der Waals surface area contributed by atoms with Crippen LogP contribution in [0.2, 0.25) is 0 Å². The summed E-state index contributed by atoms with van der Waals surface area (Å²) in [5.41, 5.74) is 1.10. The zero-order valence-corrected chi connectivity index (χ0v) is 15.3. The summed E-state index contributed by atoms with van der Waals surface area (Å²) < 4.78 is 24.3. The van der Waals surface area contributed by atoms with Gasteiger partial charge in [0, 0.05) is 19.2 Å². The van der Waals surface area contributed by atoms with E-state index >= 15 is 0 Å². The van der Waals surface area contributed by atoms with E-state index in [1.807, 2.05) is 30.3 Å². The summed E-state index contributed by atoms with van der Waals surface area (Å²) >= 11 is 0. The van der Waals surface area contributed by atoms with Crippen LogP contribution in [-0.4, -0.2) is 45.2 Å². The highest BCUT2D eigenvalue weighted by molar-refractivity contribution is 7.92. The number of hydrogen-bond acceptors (Lipinski definition) is 4. The lowest BCUT2D eigenvalue weighted by molar-refractivity contribution is 0.0697. The summed E-state index contributed by atoms with van der Waals surface area (Å²) in [5.74, 6) is -1.71. The van der Waals surface area contributed by atoms with Gasteiger partial charge in [-0.3, -0.25) is 9.10 Å². The van der Waals surface area contributed by atoms with Crippen LogP contribution in [0.15, 0.2) is 48.5 Å². The quantitative estimate of drug-likeness (QED) is 0.766. The SMILES string of the molecule is CN(c1cc(C(=O)O)cc(C(=O)NCCc2ccccc2)c1)S(C)(=O)=O. The Bertz CT molecular complexity index is 910. The van der Waals surface area contributed by atoms with E-state index in [1.165, 1.54) is 25.2 Å². The molecular formula is C18H20N2O5S. The van der Waals surface area contributed by atoms with Crippen LogP contribution in [0.1, 0.15) is 26.3 Å². The number of carbonyl (C=O) groups is 2. The molecule has 138 valence electrons. The molecule has 0 heterocycles. The molecule has 0 aliphatic heterocycles. The highest BCUT2D eigenvalue weighted by atomic mass is 32.2. The van der Waals surface area contributed by atoms with E-state index in [-0.39, 0.29) is 16.8 Å². The normalized spacial score (nSPS) is 11.0. The molecule has 2 aromatic rings. The highest BCUT2D eigenvalue weighted by Crippen LogP contribution is 2.20. The fraction of sp³-hybridized carbons (Fsp3) is 0.222. The molecule has 0 saturated heterocycles. The second-order valence-electron chi connectivity index (χ2n) is 5.80. The standard InChI is InChI=1S/C18H20N2O5S/c1-20(26(2,24)25)16-11-14(10-15(12-16)18(22)23)17(21)19-9-8-13-6-4-3-5-7-13/h3-7,10-12H,8-9H2,1-2H3,(H,19,21)(H,22,23). The molecule has 0 aliphatic carbocycles. The van der Waals surface area contributed by atoms with Crippen molar-refractivity contribution >= 4 is 27.6 Å². The summed E-state index contributed by atoms with van der Waals surface area (Å²) in [6, 6.07) is 13.4. The van der Waals surface area contributed by atoms with Crippen molar-refractivity contribution in [1.82, 2.24) is 5.32 Å². The van der Waals surface area contributed by atoms with Gasteiger partial charge in [0.25, 0.3) is 5.91 Å². The number of nitrogens with one attached hydrogen (secondary N) is 1. The molecule has 8 heteroatoms. The van der Waals surface area contributed by atoms with Crippen molar-refractivity contribution in [2.24, 2.45) is 0 Å². The fourth-order valence-corrected chi connectivity index (χ4v) is 2.79. The summed E-state index contributed by atoms with van der Waals surface area (Å²) in [4.78, 5) is 23.7. The number of nitrogens with zero attached hydrogens (tertiary/aromatic N) is 1. The molecule has 0 bridgehead atoms. The van der Waals surface area contributed by atoms with Gasteiger partial charge in [-0.1, -0.05) is 30.3 Å². The van der Waals surface area contributed by atoms with Crippen LogP contribution in [0.25, 0.3) is 0 Å². The first-order valence-electron chi connectivity index (χ1n) is 7.83. The first-order valence-corrected chi connectivity index (χ1v) is 9.67. The van der Waals surface area contributed by atoms with Crippen LogP contribution in [0, 0.1) is 0 Å². The third-order valence-electron chi connectivity index (χ3n) is 3.83. The van der Waals surface area contributed by atoms with Crippen molar-refractivity contribution in [1.29, 1.82) is 0 Å². The second-order valence-corrected chi connectivity index (χ2v) is 7.81. The molecule has 26 heavy (non-hydrogen) atoms. The lowest BCUT2D eigenvalue weighted by Crippen LogP contribution is -2.28. The third kappa shape index (κ3) is 5.06. The Hall–Kier alpha value is -2.87. The van der Waals surface area contributed by atoms with Crippen LogP contribution in [0.4, 0.5) is 5.69 Å². The number of carboxylic acids is 1. The molecule has 0 aromatic heterocycles. The van der Waals surface area contributed by atoms with Gasteiger partial charge in [0.15, 0.2) is 0 Å². The molecule has 1 amide bonds. The maximum atomic E-state index is 12.4. The van der Waals surface area contributed by atoms with Crippen LogP contribution in [0.3, 0.4) is 0 Å². The fourth-order valence-electron chi connectivity index (χ4n) is 2.31. The molecule has 0 radical (unpaired) electrons. The van der Waals surface area contributed by atoms with Crippen molar-refractivity contribution in [2.75, 3.05) is 24.2 Å². The third-order valence-corrected chi connectivity index (χ3v) is 5.04. The molecule has 0 unspecified atom stereocenters. The zero-order chi connectivity index (χ0) is 19.3. The number of sulfonamides is 1. The number of carbonyl (C=O) groups excluding carboxylic acids is 1. The first-order chi connectivity index (χ1) is 12.2. The molecule has 0 aliphatic rings. The largest absolute Gasteiger partial charge is 0.478 e. The summed E-state index contributed by atoms with van der Waals surface area (Å²) in [7, 11) is -2.29. The van der Waals surface area contributed by atoms with Gasteiger partial charge in [-0.15, -0.1) is 0 Å². The topological polar surface area (TPSA) is 104 Å². The Kier molecular flexibility index (Phi) is 5.99. The van der Waals surface area contributed by atoms with E-state index in [2.05, 4.69) is 5.32 Å². The van der Waals surface area contributed by atoms with Crippen molar-refractivity contribution < 1.29 is 23.1 Å². The van der Waals surface area contributed by atoms with Crippen molar-refractivity contribution in [3.63, 3.8) is 0 Å². The van der Waals surface area contributed by atoms with Crippen LogP contribution >= 0.6 is 0 Å². The van der Waals surface area contributed by atoms with Gasteiger partial charge in [0.2, 0.25) is 10.0 Å². The predicted molar refractivity (Wildman–Crippen MR) is 99.1 cm³/mol. The molecule has 0 spiro atoms. The van der Waals surface area contributed by atoms with Crippen LogP contribution < -0.4 is 9.62 Å². The molecule has 0 fully saturated rings. The Morgan fingerprint density at radius 2 is 1.69 bits per heavy atom. The van der Waals surface area contributed by atoms with E-state index in [0.29, 0.717) is 13.0 Å². The minimum atomic E-state index is -3.59. The van der Waals surface area contributed by atoms with Crippen LogP contribution in [-0.2, 0) is 16.4 Å². The number of benzene rings is 2. The van der Waals surface area contributed by atoms with E-state index in [1.54, 1.807) is 0 Å². The Morgan fingerprint density at radius 3 is 2.27 bits per heavy atom. The van der Waals surface area contributed by atoms with Crippen molar-refractivity contribution in [3.8, 4) is 0 Å². The summed E-state index contributed by atoms with van der Waals surface area (Å²) in [6.45, 7) is 0.372. The monoisotopic (exact) mass is 376 g/mol. The van der Waals surface area contributed by atoms with E-state index < -0.39 is 21.9 Å². The molecule has 0 atom stereocenters. The molecule has 7 nitrogen and oxygen atoms in total. The minimum absolute atomic E-state index is 0.0865. The van der Waals surface area contributed by atoms with Gasteiger partial charge in [0.1, 0.15) is 0 Å². The Labute approximate surface area is 152 Å². The summed E-state index contributed by atoms with van der Waals surface area (Å²) in [6.07, 6.45) is 1.63. The lowest BCUT2D eigenvalue weighted by atomic mass is 10.1. The number of hydrogen-bond donors (Lipinski definition) is 2. The van der Waals surface area contributed by atoms with Gasteiger partial charge in [-0.05, 0) is 30.2 Å². The van der Waals surface area contributed by atoms with E-state index in [0.717, 1.165) is 16.1 Å². The van der Waals surface area contributed by atoms with Crippen molar-refractivity contribution in [2.45, 2.75) is 6.42 Å². The summed E-state index contributed by atoms with van der Waals surface area (Å²) in [5, 5.41) is 11.9. The van der Waals surface area contributed by atoms with Gasteiger partial charge >= 0.3 is 5.97 Å². The minimum Gasteiger partial charge on any atom is -0.478 e. The van der Waals surface area contributed by atoms with E-state index in [4.69, 9.17) is 0 Å². The van der Waals surface area contributed by atoms with Crippen molar-refractivity contribution in [3.05, 3.63) is 65.2 Å².